The summed E-state index contributed by atoms with van der Waals surface area (Å²) in [7, 11) is 0. The Balaban J connectivity index is 2.61. The van der Waals surface area contributed by atoms with Gasteiger partial charge in [-0.05, 0) is 41.0 Å². The Kier molecular flexibility index (Phi) is 3.04. The van der Waals surface area contributed by atoms with E-state index in [4.69, 9.17) is 5.73 Å². The lowest BCUT2D eigenvalue weighted by molar-refractivity contribution is 0.455. The number of halogens is 1. The second-order valence-electron chi connectivity index (χ2n) is 4.60. The molecule has 0 saturated carbocycles. The maximum absolute atomic E-state index is 5.65. The third kappa shape index (κ3) is 1.87. The van der Waals surface area contributed by atoms with Gasteiger partial charge in [0, 0.05) is 11.6 Å². The van der Waals surface area contributed by atoms with E-state index in [0.717, 1.165) is 22.4 Å². The van der Waals surface area contributed by atoms with Crippen LogP contribution in [0.2, 0.25) is 0 Å². The molecule has 3 nitrogen and oxygen atoms in total. The maximum Gasteiger partial charge on any atom is 0.132 e. The second-order valence-corrected chi connectivity index (χ2v) is 5.36. The zero-order chi connectivity index (χ0) is 11.8. The number of hydrogen-bond acceptors (Lipinski definition) is 2. The molecule has 0 fully saturated rings. The van der Waals surface area contributed by atoms with Crippen LogP contribution in [0.5, 0.6) is 0 Å². The van der Waals surface area contributed by atoms with Gasteiger partial charge in [-0.25, -0.2) is 4.98 Å². The summed E-state index contributed by atoms with van der Waals surface area (Å²) in [5.41, 5.74) is 6.74. The van der Waals surface area contributed by atoms with Crippen molar-refractivity contribution in [1.82, 2.24) is 9.38 Å². The molecule has 2 aromatic heterocycles. The van der Waals surface area contributed by atoms with Crippen LogP contribution in [0, 0.1) is 0 Å². The molecule has 0 amide bonds. The molecule has 16 heavy (non-hydrogen) atoms. The highest BCUT2D eigenvalue weighted by molar-refractivity contribution is 9.10. The van der Waals surface area contributed by atoms with E-state index in [-0.39, 0.29) is 5.41 Å². The number of hydrogen-bond donors (Lipinski definition) is 1. The average Bonchev–Trinajstić information content (AvgIpc) is 2.58. The van der Waals surface area contributed by atoms with Crippen LogP contribution < -0.4 is 5.73 Å². The lowest BCUT2D eigenvalue weighted by Crippen LogP contribution is -2.24. The molecular formula is C12H16BrN3. The first-order valence-corrected chi connectivity index (χ1v) is 6.19. The molecule has 0 spiro atoms. The summed E-state index contributed by atoms with van der Waals surface area (Å²) in [6.45, 7) is 5.02. The summed E-state index contributed by atoms with van der Waals surface area (Å²) in [5, 5.41) is 0. The molecule has 0 aliphatic carbocycles. The van der Waals surface area contributed by atoms with Crippen LogP contribution in [0.3, 0.4) is 0 Å². The normalized spacial score (nSPS) is 12.2. The van der Waals surface area contributed by atoms with Gasteiger partial charge in [0.15, 0.2) is 0 Å². The van der Waals surface area contributed by atoms with Crippen LogP contribution in [-0.2, 0) is 5.41 Å². The van der Waals surface area contributed by atoms with Gasteiger partial charge in [0.2, 0.25) is 0 Å². The highest BCUT2D eigenvalue weighted by Crippen LogP contribution is 2.29. The van der Waals surface area contributed by atoms with E-state index >= 15 is 0 Å². The van der Waals surface area contributed by atoms with Crippen molar-refractivity contribution in [3.63, 3.8) is 0 Å². The van der Waals surface area contributed by atoms with Gasteiger partial charge in [-0.15, -0.1) is 0 Å². The van der Waals surface area contributed by atoms with Crippen molar-refractivity contribution in [2.75, 3.05) is 6.54 Å². The molecule has 2 N–H and O–H groups in total. The van der Waals surface area contributed by atoms with Crippen molar-refractivity contribution < 1.29 is 0 Å². The Hall–Kier alpha value is -0.870. The molecule has 0 unspecified atom stereocenters. The molecule has 0 aromatic carbocycles. The number of imidazole rings is 1. The van der Waals surface area contributed by atoms with Gasteiger partial charge in [-0.2, -0.15) is 0 Å². The topological polar surface area (TPSA) is 43.3 Å². The SMILES string of the molecule is CC(C)(CCN)c1nc(Br)c2ccccn12. The molecule has 2 heterocycles. The molecule has 0 atom stereocenters. The Morgan fingerprint density at radius 1 is 1.44 bits per heavy atom. The van der Waals surface area contributed by atoms with Gasteiger partial charge in [-0.1, -0.05) is 19.9 Å². The first-order valence-electron chi connectivity index (χ1n) is 5.39. The van der Waals surface area contributed by atoms with E-state index in [1.165, 1.54) is 0 Å². The fourth-order valence-electron chi connectivity index (χ4n) is 1.95. The molecule has 0 radical (unpaired) electrons. The van der Waals surface area contributed by atoms with E-state index in [0.29, 0.717) is 6.54 Å². The molecule has 0 saturated heterocycles. The van der Waals surface area contributed by atoms with Gasteiger partial charge < -0.3 is 10.1 Å². The van der Waals surface area contributed by atoms with Crippen molar-refractivity contribution in [1.29, 1.82) is 0 Å². The Morgan fingerprint density at radius 2 is 2.19 bits per heavy atom. The predicted molar refractivity (Wildman–Crippen MR) is 69.6 cm³/mol. The first kappa shape index (κ1) is 11.6. The van der Waals surface area contributed by atoms with Crippen LogP contribution in [0.15, 0.2) is 29.0 Å². The van der Waals surface area contributed by atoms with Crippen molar-refractivity contribution in [3.05, 3.63) is 34.8 Å². The third-order valence-corrected chi connectivity index (χ3v) is 3.46. The molecule has 86 valence electrons. The number of aromatic nitrogens is 2. The Labute approximate surface area is 104 Å². The lowest BCUT2D eigenvalue weighted by atomic mass is 9.88. The minimum Gasteiger partial charge on any atom is -0.330 e. The number of nitrogens with two attached hydrogens (primary N) is 1. The van der Waals surface area contributed by atoms with Crippen LogP contribution in [0.1, 0.15) is 26.1 Å². The average molecular weight is 282 g/mol. The molecule has 4 heteroatoms. The summed E-state index contributed by atoms with van der Waals surface area (Å²) in [5.74, 6) is 1.06. The van der Waals surface area contributed by atoms with Crippen LogP contribution in [0.4, 0.5) is 0 Å². The fraction of sp³-hybridized carbons (Fsp3) is 0.417. The van der Waals surface area contributed by atoms with Gasteiger partial charge in [0.1, 0.15) is 10.4 Å². The molecular weight excluding hydrogens is 266 g/mol. The highest BCUT2D eigenvalue weighted by Gasteiger charge is 2.25. The molecule has 0 aliphatic rings. The fourth-order valence-corrected chi connectivity index (χ4v) is 2.44. The Morgan fingerprint density at radius 3 is 2.88 bits per heavy atom. The summed E-state index contributed by atoms with van der Waals surface area (Å²) in [4.78, 5) is 4.60. The van der Waals surface area contributed by atoms with Crippen molar-refractivity contribution in [2.45, 2.75) is 25.7 Å². The largest absolute Gasteiger partial charge is 0.330 e. The smallest absolute Gasteiger partial charge is 0.132 e. The quantitative estimate of drug-likeness (QED) is 0.940. The number of pyridine rings is 1. The van der Waals surface area contributed by atoms with Gasteiger partial charge in [0.25, 0.3) is 0 Å². The van der Waals surface area contributed by atoms with Gasteiger partial charge in [-0.3, -0.25) is 0 Å². The van der Waals surface area contributed by atoms with E-state index in [1.54, 1.807) is 0 Å². The lowest BCUT2D eigenvalue weighted by Gasteiger charge is -2.22. The van der Waals surface area contributed by atoms with E-state index in [1.807, 2.05) is 18.3 Å². The van der Waals surface area contributed by atoms with Crippen molar-refractivity contribution in [2.24, 2.45) is 5.73 Å². The van der Waals surface area contributed by atoms with Crippen LogP contribution in [0.25, 0.3) is 5.52 Å². The Bertz CT molecular complexity index is 502. The summed E-state index contributed by atoms with van der Waals surface area (Å²) in [6.07, 6.45) is 2.97. The summed E-state index contributed by atoms with van der Waals surface area (Å²) < 4.78 is 3.02. The van der Waals surface area contributed by atoms with E-state index in [9.17, 15) is 0 Å². The van der Waals surface area contributed by atoms with E-state index < -0.39 is 0 Å². The predicted octanol–water partition coefficient (Wildman–Crippen LogP) is 2.72. The zero-order valence-electron chi connectivity index (χ0n) is 9.57. The maximum atomic E-state index is 5.65. The van der Waals surface area contributed by atoms with Gasteiger partial charge >= 0.3 is 0 Å². The highest BCUT2D eigenvalue weighted by atomic mass is 79.9. The second kappa shape index (κ2) is 4.18. The molecule has 2 aromatic rings. The van der Waals surface area contributed by atoms with Crippen LogP contribution in [-0.4, -0.2) is 15.9 Å². The standard InChI is InChI=1S/C12H16BrN3/c1-12(2,6-7-14)11-15-10(13)9-5-3-4-8-16(9)11/h3-5,8H,6-7,14H2,1-2H3. The minimum absolute atomic E-state index is 0.00889. The van der Waals surface area contributed by atoms with Crippen molar-refractivity contribution in [3.8, 4) is 0 Å². The summed E-state index contributed by atoms with van der Waals surface area (Å²) in [6, 6.07) is 6.09. The first-order chi connectivity index (χ1) is 7.56. The van der Waals surface area contributed by atoms with Crippen molar-refractivity contribution >= 4 is 21.4 Å². The monoisotopic (exact) mass is 281 g/mol. The van der Waals surface area contributed by atoms with Crippen LogP contribution >= 0.6 is 15.9 Å². The summed E-state index contributed by atoms with van der Waals surface area (Å²) >= 11 is 3.50. The van der Waals surface area contributed by atoms with Gasteiger partial charge in [0.05, 0.1) is 5.52 Å². The molecule has 0 aliphatic heterocycles. The molecule has 0 bridgehead atoms. The van der Waals surface area contributed by atoms with E-state index in [2.05, 4.69) is 45.2 Å². The zero-order valence-corrected chi connectivity index (χ0v) is 11.2. The number of fused-ring (bicyclic) bond motifs is 1. The molecule has 2 rings (SSSR count). The third-order valence-electron chi connectivity index (χ3n) is 2.88. The number of nitrogens with zero attached hydrogens (tertiary/aromatic N) is 2. The number of rotatable bonds is 3. The minimum atomic E-state index is -0.00889.